The Morgan fingerprint density at radius 1 is 0.403 bits per heavy atom. The standard InChI is InChI=1S/C71H75N/c1-65(2,3)42-25-30-52-53-31-26-43(66(4,5)6)36-60(53)71(59(52)35-42)61-37-44(67(7,8)9)27-32-54(61)64-62(71)38-45(68(10,11)12)39-63(64)72(46-28-33-50-48-21-17-19-23-55(48)69(13,14)57(50)40-46)47-29-34-51-49-22-18-20-24-56(49)70(15,16)58(51)41-47/h17-40,58H,41H2,1-16H3. The van der Waals surface area contributed by atoms with Gasteiger partial charge in [-0.25, -0.2) is 0 Å². The van der Waals surface area contributed by atoms with Crippen molar-refractivity contribution in [1.82, 2.24) is 0 Å². The van der Waals surface area contributed by atoms with Crippen LogP contribution in [0.2, 0.25) is 0 Å². The number of rotatable bonds is 3. The molecule has 1 unspecified atom stereocenters. The molecule has 72 heavy (non-hydrogen) atoms. The third-order valence-electron chi connectivity index (χ3n) is 18.2. The first-order valence-electron chi connectivity index (χ1n) is 26.9. The summed E-state index contributed by atoms with van der Waals surface area (Å²) < 4.78 is 0. The number of benzene rings is 7. The summed E-state index contributed by atoms with van der Waals surface area (Å²) in [6.45, 7) is 38.5. The van der Waals surface area contributed by atoms with Crippen molar-refractivity contribution in [2.24, 2.45) is 5.92 Å². The summed E-state index contributed by atoms with van der Waals surface area (Å²) in [6.07, 6.45) is 5.91. The summed E-state index contributed by atoms with van der Waals surface area (Å²) in [4.78, 5) is 2.74. The van der Waals surface area contributed by atoms with Gasteiger partial charge in [0, 0.05) is 22.4 Å². The Balaban J connectivity index is 1.22. The van der Waals surface area contributed by atoms with Crippen LogP contribution >= 0.6 is 0 Å². The van der Waals surface area contributed by atoms with Crippen molar-refractivity contribution in [3.8, 4) is 33.4 Å². The average molecular weight is 942 g/mol. The van der Waals surface area contributed by atoms with Crippen LogP contribution in [0.15, 0.2) is 151 Å². The highest BCUT2D eigenvalue weighted by atomic mass is 15.2. The maximum absolute atomic E-state index is 2.74. The number of fused-ring (bicyclic) bond motifs is 16. The molecule has 7 aromatic carbocycles. The number of hydrogen-bond acceptors (Lipinski definition) is 1. The van der Waals surface area contributed by atoms with Crippen LogP contribution in [0.3, 0.4) is 0 Å². The molecule has 0 bridgehead atoms. The maximum Gasteiger partial charge on any atom is 0.0726 e. The second kappa shape index (κ2) is 15.0. The molecule has 0 radical (unpaired) electrons. The topological polar surface area (TPSA) is 3.24 Å². The minimum Gasteiger partial charge on any atom is -0.314 e. The van der Waals surface area contributed by atoms with Gasteiger partial charge >= 0.3 is 0 Å². The van der Waals surface area contributed by atoms with E-state index in [4.69, 9.17) is 0 Å². The van der Waals surface area contributed by atoms with Gasteiger partial charge in [-0.1, -0.05) is 232 Å². The molecular weight excluding hydrogens is 867 g/mol. The van der Waals surface area contributed by atoms with Crippen molar-refractivity contribution in [2.45, 2.75) is 155 Å². The highest BCUT2D eigenvalue weighted by Crippen LogP contribution is 2.67. The minimum absolute atomic E-state index is 0.0306. The van der Waals surface area contributed by atoms with E-state index in [1.54, 1.807) is 0 Å². The predicted molar refractivity (Wildman–Crippen MR) is 307 cm³/mol. The van der Waals surface area contributed by atoms with E-state index in [1.807, 2.05) is 0 Å². The van der Waals surface area contributed by atoms with Crippen LogP contribution in [-0.2, 0) is 37.9 Å². The molecule has 7 aromatic rings. The number of anilines is 2. The molecule has 5 aliphatic carbocycles. The molecule has 0 saturated heterocycles. The fourth-order valence-corrected chi connectivity index (χ4v) is 13.9. The Morgan fingerprint density at radius 2 is 0.861 bits per heavy atom. The van der Waals surface area contributed by atoms with Crippen LogP contribution < -0.4 is 4.90 Å². The van der Waals surface area contributed by atoms with Crippen molar-refractivity contribution in [3.05, 3.63) is 218 Å². The fraction of sp³-hybridized carbons (Fsp3) is 0.352. The zero-order valence-corrected chi connectivity index (χ0v) is 46.1. The van der Waals surface area contributed by atoms with Crippen molar-refractivity contribution >= 4 is 16.9 Å². The highest BCUT2D eigenvalue weighted by molar-refractivity contribution is 6.01. The lowest BCUT2D eigenvalue weighted by Crippen LogP contribution is -2.30. The maximum atomic E-state index is 2.74. The largest absolute Gasteiger partial charge is 0.314 e. The molecule has 12 rings (SSSR count). The summed E-state index contributed by atoms with van der Waals surface area (Å²) in [5.41, 5.74) is 29.2. The number of hydrogen-bond donors (Lipinski definition) is 0. The van der Waals surface area contributed by atoms with Gasteiger partial charge in [0.05, 0.1) is 11.1 Å². The van der Waals surface area contributed by atoms with Gasteiger partial charge in [-0.3, -0.25) is 0 Å². The minimum atomic E-state index is -0.564. The smallest absolute Gasteiger partial charge is 0.0726 e. The van der Waals surface area contributed by atoms with Crippen molar-refractivity contribution in [2.75, 3.05) is 4.90 Å². The van der Waals surface area contributed by atoms with E-state index in [0.717, 1.165) is 6.42 Å². The van der Waals surface area contributed by atoms with Crippen LogP contribution in [0.5, 0.6) is 0 Å². The molecule has 5 aliphatic rings. The van der Waals surface area contributed by atoms with Gasteiger partial charge in [0.25, 0.3) is 0 Å². The lowest BCUT2D eigenvalue weighted by atomic mass is 9.67. The molecule has 1 atom stereocenters. The predicted octanol–water partition coefficient (Wildman–Crippen LogP) is 18.9. The summed E-state index contributed by atoms with van der Waals surface area (Å²) >= 11 is 0. The van der Waals surface area contributed by atoms with Gasteiger partial charge in [-0.15, -0.1) is 0 Å². The molecule has 1 spiro atoms. The average Bonchev–Trinajstić information content (AvgIpc) is 3.95. The summed E-state index contributed by atoms with van der Waals surface area (Å²) in [5.74, 6) is 0.333. The fourth-order valence-electron chi connectivity index (χ4n) is 13.9. The molecular formula is C71H75N. The van der Waals surface area contributed by atoms with Gasteiger partial charge in [0.2, 0.25) is 0 Å². The third kappa shape index (κ3) is 6.50. The van der Waals surface area contributed by atoms with Crippen LogP contribution in [0.4, 0.5) is 11.4 Å². The molecule has 1 nitrogen and oxygen atoms in total. The van der Waals surface area contributed by atoms with E-state index < -0.39 is 5.41 Å². The Kier molecular flexibility index (Phi) is 9.74. The monoisotopic (exact) mass is 942 g/mol. The third-order valence-corrected chi connectivity index (χ3v) is 18.2. The molecule has 0 amide bonds. The van der Waals surface area contributed by atoms with Gasteiger partial charge < -0.3 is 4.90 Å². The Morgan fingerprint density at radius 3 is 1.43 bits per heavy atom. The quantitative estimate of drug-likeness (QED) is 0.171. The first kappa shape index (κ1) is 46.9. The lowest BCUT2D eigenvalue weighted by molar-refractivity contribution is 0.406. The Bertz CT molecular complexity index is 3470. The molecule has 0 saturated carbocycles. The first-order valence-corrected chi connectivity index (χ1v) is 26.9. The van der Waals surface area contributed by atoms with Crippen LogP contribution in [-0.4, -0.2) is 0 Å². The highest BCUT2D eigenvalue weighted by Gasteiger charge is 2.55. The summed E-state index contributed by atoms with van der Waals surface area (Å²) in [5, 5.41) is 0. The zero-order chi connectivity index (χ0) is 51.0. The number of nitrogens with zero attached hydrogens (tertiary/aromatic N) is 1. The number of allylic oxidation sites excluding steroid dienone is 4. The molecule has 0 aromatic heterocycles. The summed E-state index contributed by atoms with van der Waals surface area (Å²) in [7, 11) is 0. The Labute approximate surface area is 432 Å². The van der Waals surface area contributed by atoms with E-state index in [-0.39, 0.29) is 32.5 Å². The first-order chi connectivity index (χ1) is 33.7. The SMILES string of the molecule is CC(C)(C)c1ccc2c(c1)C1(c3cc(C(C)(C)C)ccc3-2)c2cc(C(C)(C)C)ccc2-c2c(N(C3=CC=C4c5ccccc5C(C)(C)C4C3)c3ccc4c(c3)C(C)(C)c3ccccc3-4)cc(C(C)(C)C)cc21. The normalized spacial score (nSPS) is 18.3. The molecule has 0 N–H and O–H groups in total. The second-order valence-corrected chi connectivity index (χ2v) is 27.5. The van der Waals surface area contributed by atoms with E-state index in [2.05, 4.69) is 261 Å². The van der Waals surface area contributed by atoms with E-state index in [9.17, 15) is 0 Å². The summed E-state index contributed by atoms with van der Waals surface area (Å²) in [6, 6.07) is 53.6. The van der Waals surface area contributed by atoms with Crippen molar-refractivity contribution in [1.29, 1.82) is 0 Å². The molecule has 364 valence electrons. The van der Waals surface area contributed by atoms with Gasteiger partial charge in [0.15, 0.2) is 0 Å². The van der Waals surface area contributed by atoms with E-state index in [1.165, 1.54) is 123 Å². The van der Waals surface area contributed by atoms with E-state index >= 15 is 0 Å². The van der Waals surface area contributed by atoms with Crippen LogP contribution in [0, 0.1) is 5.92 Å². The Hall–Kier alpha value is -6.18. The second-order valence-electron chi connectivity index (χ2n) is 27.5. The van der Waals surface area contributed by atoms with E-state index in [0.29, 0.717) is 5.92 Å². The molecule has 1 heteroatoms. The van der Waals surface area contributed by atoms with Gasteiger partial charge in [0.1, 0.15) is 0 Å². The van der Waals surface area contributed by atoms with Crippen molar-refractivity contribution in [3.63, 3.8) is 0 Å². The zero-order valence-electron chi connectivity index (χ0n) is 46.1. The van der Waals surface area contributed by atoms with Crippen LogP contribution in [0.1, 0.15) is 184 Å². The molecule has 0 heterocycles. The van der Waals surface area contributed by atoms with Crippen LogP contribution in [0.25, 0.3) is 39.0 Å². The van der Waals surface area contributed by atoms with Crippen molar-refractivity contribution < 1.29 is 0 Å². The van der Waals surface area contributed by atoms with Gasteiger partial charge in [-0.2, -0.15) is 0 Å². The van der Waals surface area contributed by atoms with Gasteiger partial charge in [-0.05, 0) is 164 Å². The lowest BCUT2D eigenvalue weighted by Gasteiger charge is -2.38. The molecule has 0 fully saturated rings. The molecule has 0 aliphatic heterocycles.